The zero-order valence-electron chi connectivity index (χ0n) is 9.59. The molecule has 0 aliphatic rings. The van der Waals surface area contributed by atoms with Crippen molar-refractivity contribution >= 4 is 59.1 Å². The van der Waals surface area contributed by atoms with E-state index in [4.69, 9.17) is 5.84 Å². The zero-order valence-corrected chi connectivity index (χ0v) is 15.2. The first-order chi connectivity index (χ1) is 8.99. The third-order valence-corrected chi connectivity index (χ3v) is 5.47. The van der Waals surface area contributed by atoms with Gasteiger partial charge >= 0.3 is 0 Å². The van der Waals surface area contributed by atoms with Gasteiger partial charge in [-0.2, -0.15) is 0 Å². The minimum absolute atomic E-state index is 0.0781. The molecule has 0 bridgehead atoms. The molecule has 1 atom stereocenters. The van der Waals surface area contributed by atoms with Gasteiger partial charge in [-0.15, -0.1) is 11.3 Å². The van der Waals surface area contributed by atoms with Crippen LogP contribution < -0.4 is 11.3 Å². The maximum absolute atomic E-state index is 13.4. The largest absolute Gasteiger partial charge is 0.271 e. The summed E-state index contributed by atoms with van der Waals surface area (Å²) in [5.41, 5.74) is 4.71. The van der Waals surface area contributed by atoms with E-state index in [-0.39, 0.29) is 11.9 Å². The predicted molar refractivity (Wildman–Crippen MR) is 87.6 cm³/mol. The highest BCUT2D eigenvalue weighted by molar-refractivity contribution is 9.12. The number of thiophene rings is 1. The molecule has 1 heterocycles. The Balaban J connectivity index is 2.26. The van der Waals surface area contributed by atoms with Crippen LogP contribution in [0.4, 0.5) is 4.39 Å². The van der Waals surface area contributed by atoms with Gasteiger partial charge in [0.15, 0.2) is 0 Å². The van der Waals surface area contributed by atoms with Gasteiger partial charge in [-0.1, -0.05) is 15.9 Å². The van der Waals surface area contributed by atoms with Crippen molar-refractivity contribution in [2.75, 3.05) is 0 Å². The van der Waals surface area contributed by atoms with E-state index in [1.54, 1.807) is 11.3 Å². The molecule has 2 aromatic rings. The van der Waals surface area contributed by atoms with E-state index >= 15 is 0 Å². The Hall–Kier alpha value is 0.210. The van der Waals surface area contributed by atoms with E-state index in [1.165, 1.54) is 12.1 Å². The second-order valence-electron chi connectivity index (χ2n) is 3.98. The lowest BCUT2D eigenvalue weighted by atomic mass is 10.0. The van der Waals surface area contributed by atoms with E-state index in [0.29, 0.717) is 6.42 Å². The molecule has 0 radical (unpaired) electrons. The van der Waals surface area contributed by atoms with Gasteiger partial charge in [-0.05, 0) is 73.7 Å². The van der Waals surface area contributed by atoms with Gasteiger partial charge in [0, 0.05) is 4.47 Å². The highest BCUT2D eigenvalue weighted by atomic mass is 79.9. The molecule has 0 saturated heterocycles. The Kier molecular flexibility index (Phi) is 5.56. The van der Waals surface area contributed by atoms with Crippen LogP contribution in [0, 0.1) is 5.82 Å². The molecule has 2 rings (SSSR count). The van der Waals surface area contributed by atoms with Gasteiger partial charge in [0.25, 0.3) is 0 Å². The quantitative estimate of drug-likeness (QED) is 0.489. The van der Waals surface area contributed by atoms with Crippen LogP contribution in [0.3, 0.4) is 0 Å². The van der Waals surface area contributed by atoms with Crippen molar-refractivity contribution in [1.82, 2.24) is 5.43 Å². The predicted octanol–water partition coefficient (Wildman–Crippen LogP) is 4.92. The van der Waals surface area contributed by atoms with Crippen LogP contribution in [-0.2, 0) is 6.42 Å². The molecule has 7 heteroatoms. The zero-order chi connectivity index (χ0) is 14.0. The number of benzene rings is 1. The normalized spacial score (nSPS) is 12.7. The van der Waals surface area contributed by atoms with Gasteiger partial charge < -0.3 is 0 Å². The minimum atomic E-state index is -0.259. The first kappa shape index (κ1) is 15.6. The summed E-state index contributed by atoms with van der Waals surface area (Å²) in [5, 5.41) is 0. The molecule has 1 aromatic heterocycles. The summed E-state index contributed by atoms with van der Waals surface area (Å²) < 4.78 is 16.1. The highest BCUT2D eigenvalue weighted by Gasteiger charge is 2.17. The SMILES string of the molecule is NNC(Cc1cc(F)cc(Br)c1)c1cc(Br)sc1Br. The summed E-state index contributed by atoms with van der Waals surface area (Å²) in [6.45, 7) is 0. The molecule has 0 fully saturated rings. The van der Waals surface area contributed by atoms with Crippen molar-refractivity contribution < 1.29 is 4.39 Å². The fourth-order valence-corrected chi connectivity index (χ4v) is 5.30. The van der Waals surface area contributed by atoms with Crippen molar-refractivity contribution in [1.29, 1.82) is 0 Å². The van der Waals surface area contributed by atoms with E-state index in [9.17, 15) is 4.39 Å². The molecule has 1 aromatic carbocycles. The van der Waals surface area contributed by atoms with E-state index in [2.05, 4.69) is 53.2 Å². The lowest BCUT2D eigenvalue weighted by Crippen LogP contribution is -2.29. The molecule has 0 aliphatic carbocycles. The standard InChI is InChI=1S/C12H10Br3FN2S/c13-7-1-6(2-8(16)4-7)3-10(18-17)9-5-11(14)19-12(9)15/h1-2,4-5,10,18H,3,17H2. The number of nitrogens with one attached hydrogen (secondary N) is 1. The number of nitrogens with two attached hydrogens (primary N) is 1. The summed E-state index contributed by atoms with van der Waals surface area (Å²) in [6.07, 6.45) is 0.606. The van der Waals surface area contributed by atoms with E-state index < -0.39 is 0 Å². The summed E-state index contributed by atoms with van der Waals surface area (Å²) in [7, 11) is 0. The second-order valence-corrected chi connectivity index (χ2v) is 8.65. The summed E-state index contributed by atoms with van der Waals surface area (Å²) in [6, 6.07) is 6.78. The highest BCUT2D eigenvalue weighted by Crippen LogP contribution is 2.36. The van der Waals surface area contributed by atoms with Gasteiger partial charge in [0.1, 0.15) is 5.82 Å². The Morgan fingerprint density at radius 2 is 1.95 bits per heavy atom. The lowest BCUT2D eigenvalue weighted by molar-refractivity contribution is 0.548. The van der Waals surface area contributed by atoms with Crippen LogP contribution in [-0.4, -0.2) is 0 Å². The van der Waals surface area contributed by atoms with Crippen molar-refractivity contribution in [2.45, 2.75) is 12.5 Å². The number of hydrazine groups is 1. The molecule has 0 aliphatic heterocycles. The summed E-state index contributed by atoms with van der Waals surface area (Å²) in [4.78, 5) is 0. The first-order valence-corrected chi connectivity index (χ1v) is 8.55. The fraction of sp³-hybridized carbons (Fsp3) is 0.167. The number of hydrogen-bond acceptors (Lipinski definition) is 3. The van der Waals surface area contributed by atoms with Crippen molar-refractivity contribution in [2.24, 2.45) is 5.84 Å². The first-order valence-electron chi connectivity index (χ1n) is 5.35. The fourth-order valence-electron chi connectivity index (χ4n) is 1.81. The van der Waals surface area contributed by atoms with Crippen LogP contribution in [0.25, 0.3) is 0 Å². The molecule has 1 unspecified atom stereocenters. The molecule has 102 valence electrons. The molecule has 19 heavy (non-hydrogen) atoms. The number of hydrogen-bond donors (Lipinski definition) is 2. The summed E-state index contributed by atoms with van der Waals surface area (Å²) in [5.74, 6) is 5.36. The molecule has 0 spiro atoms. The lowest BCUT2D eigenvalue weighted by Gasteiger charge is -2.16. The molecule has 0 saturated carbocycles. The average Bonchev–Trinajstić information content (AvgIpc) is 2.64. The Labute approximate surface area is 139 Å². The Bertz CT molecular complexity index is 568. The Morgan fingerprint density at radius 3 is 2.47 bits per heavy atom. The van der Waals surface area contributed by atoms with Gasteiger partial charge in [0.2, 0.25) is 0 Å². The van der Waals surface area contributed by atoms with Crippen molar-refractivity contribution in [3.05, 3.63) is 53.3 Å². The smallest absolute Gasteiger partial charge is 0.124 e. The molecule has 3 N–H and O–H groups in total. The van der Waals surface area contributed by atoms with E-state index in [0.717, 1.165) is 23.2 Å². The van der Waals surface area contributed by atoms with Crippen molar-refractivity contribution in [3.63, 3.8) is 0 Å². The maximum atomic E-state index is 13.4. The average molecular weight is 473 g/mol. The van der Waals surface area contributed by atoms with Crippen LogP contribution in [0.15, 0.2) is 36.3 Å². The second kappa shape index (κ2) is 6.78. The topological polar surface area (TPSA) is 38.0 Å². The number of halogens is 4. The van der Waals surface area contributed by atoms with Crippen LogP contribution >= 0.6 is 59.1 Å². The molecule has 0 amide bonds. The third-order valence-electron chi connectivity index (χ3n) is 2.62. The maximum Gasteiger partial charge on any atom is 0.124 e. The third kappa shape index (κ3) is 4.09. The van der Waals surface area contributed by atoms with Crippen LogP contribution in [0.2, 0.25) is 0 Å². The van der Waals surface area contributed by atoms with Gasteiger partial charge in [0.05, 0.1) is 13.6 Å². The molecular formula is C12H10Br3FN2S. The minimum Gasteiger partial charge on any atom is -0.271 e. The number of rotatable bonds is 4. The van der Waals surface area contributed by atoms with E-state index in [1.807, 2.05) is 12.1 Å². The van der Waals surface area contributed by atoms with Gasteiger partial charge in [-0.25, -0.2) is 4.39 Å². The van der Waals surface area contributed by atoms with Crippen molar-refractivity contribution in [3.8, 4) is 0 Å². The van der Waals surface area contributed by atoms with Gasteiger partial charge in [-0.3, -0.25) is 11.3 Å². The molecular weight excluding hydrogens is 463 g/mol. The van der Waals surface area contributed by atoms with Crippen LogP contribution in [0.1, 0.15) is 17.2 Å². The monoisotopic (exact) mass is 470 g/mol. The van der Waals surface area contributed by atoms with Crippen LogP contribution in [0.5, 0.6) is 0 Å². The Morgan fingerprint density at radius 1 is 1.21 bits per heavy atom. The summed E-state index contributed by atoms with van der Waals surface area (Å²) >= 11 is 11.8. The molecule has 2 nitrogen and oxygen atoms in total.